The lowest BCUT2D eigenvalue weighted by molar-refractivity contribution is 1.48. The maximum atomic E-state index is 6.90. The largest absolute Gasteiger partial charge is 0.304 e. The summed E-state index contributed by atoms with van der Waals surface area (Å²) in [6, 6.07) is 0. The molecule has 0 rings (SSSR count). The molecule has 0 spiro atoms. The van der Waals surface area contributed by atoms with Crippen LogP contribution in [0.5, 0.6) is 0 Å². The van der Waals surface area contributed by atoms with Crippen LogP contribution in [0, 0.1) is 5.41 Å². The Balaban J connectivity index is 3.82. The quantitative estimate of drug-likeness (QED) is 0.509. The molecule has 0 atom stereocenters. The molecule has 0 radical (unpaired) electrons. The highest BCUT2D eigenvalue weighted by molar-refractivity contribution is 6.42. The zero-order valence-electron chi connectivity index (χ0n) is 4.46. The smallest absolute Gasteiger partial charge is 0.0568 e. The van der Waals surface area contributed by atoms with Crippen LogP contribution in [0.4, 0.5) is 0 Å². The van der Waals surface area contributed by atoms with Gasteiger partial charge < -0.3 is 5.41 Å². The molecule has 2 heteroatoms. The Morgan fingerprint density at radius 1 is 1.71 bits per heavy atom. The Labute approximate surface area is 48.5 Å². The molecule has 0 bridgehead atoms. The van der Waals surface area contributed by atoms with Crippen LogP contribution < -0.4 is 0 Å². The van der Waals surface area contributed by atoms with Gasteiger partial charge in [0.05, 0.1) is 5.03 Å². The van der Waals surface area contributed by atoms with Crippen LogP contribution in [0.3, 0.4) is 0 Å². The van der Waals surface area contributed by atoms with Gasteiger partial charge in [-0.15, -0.1) is 0 Å². The molecular formula is C5H8ClN. The summed E-state index contributed by atoms with van der Waals surface area (Å²) < 4.78 is 0. The third-order valence-corrected chi connectivity index (χ3v) is 1.11. The van der Waals surface area contributed by atoms with Gasteiger partial charge >= 0.3 is 0 Å². The number of hydrogen-bond donors (Lipinski definition) is 1. The molecule has 0 saturated heterocycles. The predicted molar refractivity (Wildman–Crippen MR) is 33.0 cm³/mol. The van der Waals surface area contributed by atoms with E-state index in [1.165, 1.54) is 0 Å². The fraction of sp³-hybridized carbons (Fsp3) is 0.400. The number of halogens is 1. The average Bonchev–Trinajstić information content (AvgIpc) is 1.65. The summed E-state index contributed by atoms with van der Waals surface area (Å²) in [4.78, 5) is 0. The van der Waals surface area contributed by atoms with Crippen molar-refractivity contribution in [3.05, 3.63) is 11.1 Å². The van der Waals surface area contributed by atoms with E-state index in [0.717, 1.165) is 0 Å². The fourth-order valence-electron chi connectivity index (χ4n) is 0.217. The van der Waals surface area contributed by atoms with Crippen LogP contribution in [0.25, 0.3) is 0 Å². The van der Waals surface area contributed by atoms with E-state index in [-0.39, 0.29) is 0 Å². The van der Waals surface area contributed by atoms with Gasteiger partial charge in [-0.3, -0.25) is 0 Å². The standard InChI is InChI=1S/C5H8ClN/c1-3-5(6)4(2)7/h3,7H,1-2H3/b5-3+,7-4?. The monoisotopic (exact) mass is 117 g/mol. The maximum absolute atomic E-state index is 6.90. The highest BCUT2D eigenvalue weighted by Crippen LogP contribution is 1.99. The first-order valence-corrected chi connectivity index (χ1v) is 2.43. The minimum Gasteiger partial charge on any atom is -0.304 e. The van der Waals surface area contributed by atoms with Gasteiger partial charge in [-0.25, -0.2) is 0 Å². The van der Waals surface area contributed by atoms with Crippen molar-refractivity contribution in [1.82, 2.24) is 0 Å². The molecule has 0 saturated carbocycles. The molecule has 0 heterocycles. The van der Waals surface area contributed by atoms with Crippen molar-refractivity contribution in [2.75, 3.05) is 0 Å². The van der Waals surface area contributed by atoms with Gasteiger partial charge in [0.25, 0.3) is 0 Å². The second-order valence-electron chi connectivity index (χ2n) is 1.26. The maximum Gasteiger partial charge on any atom is 0.0568 e. The van der Waals surface area contributed by atoms with Gasteiger partial charge in [0.15, 0.2) is 0 Å². The Hall–Kier alpha value is -0.300. The molecule has 0 aromatic rings. The molecule has 0 fully saturated rings. The number of allylic oxidation sites excluding steroid dienone is 2. The summed E-state index contributed by atoms with van der Waals surface area (Å²) in [5, 5.41) is 7.43. The lowest BCUT2D eigenvalue weighted by atomic mass is 10.4. The van der Waals surface area contributed by atoms with Gasteiger partial charge in [0.1, 0.15) is 0 Å². The molecule has 0 aromatic carbocycles. The van der Waals surface area contributed by atoms with E-state index >= 15 is 0 Å². The van der Waals surface area contributed by atoms with Crippen molar-refractivity contribution in [3.63, 3.8) is 0 Å². The Morgan fingerprint density at radius 3 is 2.14 bits per heavy atom. The summed E-state index contributed by atoms with van der Waals surface area (Å²) >= 11 is 5.44. The van der Waals surface area contributed by atoms with Crippen molar-refractivity contribution in [3.8, 4) is 0 Å². The highest BCUT2D eigenvalue weighted by atomic mass is 35.5. The molecule has 0 unspecified atom stereocenters. The summed E-state index contributed by atoms with van der Waals surface area (Å²) in [6.07, 6.45) is 1.70. The summed E-state index contributed by atoms with van der Waals surface area (Å²) in [7, 11) is 0. The molecule has 0 aliphatic carbocycles. The van der Waals surface area contributed by atoms with E-state index in [4.69, 9.17) is 17.0 Å². The van der Waals surface area contributed by atoms with E-state index in [0.29, 0.717) is 10.7 Å². The molecule has 0 aliphatic rings. The zero-order chi connectivity index (χ0) is 5.86. The number of hydrogen-bond acceptors (Lipinski definition) is 1. The fourth-order valence-corrected chi connectivity index (χ4v) is 0.217. The normalized spacial score (nSPS) is 11.6. The Morgan fingerprint density at radius 2 is 2.14 bits per heavy atom. The second kappa shape index (κ2) is 2.80. The number of rotatable bonds is 1. The van der Waals surface area contributed by atoms with Gasteiger partial charge in [0.2, 0.25) is 0 Å². The van der Waals surface area contributed by atoms with E-state index in [1.807, 2.05) is 0 Å². The van der Waals surface area contributed by atoms with E-state index in [2.05, 4.69) is 0 Å². The second-order valence-corrected chi connectivity index (χ2v) is 1.67. The lowest BCUT2D eigenvalue weighted by Gasteiger charge is -1.86. The summed E-state index contributed by atoms with van der Waals surface area (Å²) in [6.45, 7) is 3.46. The Kier molecular flexibility index (Phi) is 2.68. The third kappa shape index (κ3) is 2.40. The van der Waals surface area contributed by atoms with Crippen LogP contribution in [-0.2, 0) is 0 Å². The first-order chi connectivity index (χ1) is 3.18. The first kappa shape index (κ1) is 6.70. The van der Waals surface area contributed by atoms with Crippen LogP contribution in [0.1, 0.15) is 13.8 Å². The molecule has 40 valence electrons. The minimum absolute atomic E-state index is 0.421. The average molecular weight is 118 g/mol. The molecular weight excluding hydrogens is 110 g/mol. The van der Waals surface area contributed by atoms with Gasteiger partial charge in [-0.2, -0.15) is 0 Å². The van der Waals surface area contributed by atoms with E-state index in [1.54, 1.807) is 19.9 Å². The summed E-state index contributed by atoms with van der Waals surface area (Å²) in [5.41, 5.74) is 0.421. The molecule has 1 nitrogen and oxygen atoms in total. The SMILES string of the molecule is C/C=C(/Cl)C(C)=N. The highest BCUT2D eigenvalue weighted by Gasteiger charge is 1.87. The van der Waals surface area contributed by atoms with Crippen molar-refractivity contribution < 1.29 is 0 Å². The van der Waals surface area contributed by atoms with Gasteiger partial charge in [-0.1, -0.05) is 17.7 Å². The summed E-state index contributed by atoms with van der Waals surface area (Å²) in [5.74, 6) is 0. The van der Waals surface area contributed by atoms with Crippen molar-refractivity contribution in [2.45, 2.75) is 13.8 Å². The van der Waals surface area contributed by atoms with Gasteiger partial charge in [-0.05, 0) is 13.8 Å². The van der Waals surface area contributed by atoms with Gasteiger partial charge in [0, 0.05) is 5.71 Å². The van der Waals surface area contributed by atoms with E-state index < -0.39 is 0 Å². The molecule has 1 N–H and O–H groups in total. The van der Waals surface area contributed by atoms with Crippen LogP contribution >= 0.6 is 11.6 Å². The van der Waals surface area contributed by atoms with E-state index in [9.17, 15) is 0 Å². The van der Waals surface area contributed by atoms with Crippen LogP contribution in [0.15, 0.2) is 11.1 Å². The van der Waals surface area contributed by atoms with Crippen LogP contribution in [-0.4, -0.2) is 5.71 Å². The van der Waals surface area contributed by atoms with Crippen molar-refractivity contribution in [1.29, 1.82) is 5.41 Å². The zero-order valence-corrected chi connectivity index (χ0v) is 5.21. The molecule has 0 amide bonds. The lowest BCUT2D eigenvalue weighted by Crippen LogP contribution is -1.84. The topological polar surface area (TPSA) is 23.9 Å². The Bertz CT molecular complexity index is 105. The van der Waals surface area contributed by atoms with Crippen molar-refractivity contribution >= 4 is 17.3 Å². The first-order valence-electron chi connectivity index (χ1n) is 2.06. The minimum atomic E-state index is 0.421. The predicted octanol–water partition coefficient (Wildman–Crippen LogP) is 2.17. The molecule has 0 aromatic heterocycles. The molecule has 0 aliphatic heterocycles. The van der Waals surface area contributed by atoms with Crippen LogP contribution in [0.2, 0.25) is 0 Å². The third-order valence-electron chi connectivity index (χ3n) is 0.612. The molecule has 7 heavy (non-hydrogen) atoms. The van der Waals surface area contributed by atoms with Crippen molar-refractivity contribution in [2.24, 2.45) is 0 Å². The number of nitrogens with one attached hydrogen (secondary N) is 1.